The maximum absolute atomic E-state index is 6.01. The van der Waals surface area contributed by atoms with E-state index in [1.54, 1.807) is 13.2 Å². The van der Waals surface area contributed by atoms with E-state index in [4.69, 9.17) is 20.8 Å². The summed E-state index contributed by atoms with van der Waals surface area (Å²) in [5.74, 6) is 1.32. The van der Waals surface area contributed by atoms with Gasteiger partial charge < -0.3 is 19.4 Å². The van der Waals surface area contributed by atoms with Gasteiger partial charge in [-0.2, -0.15) is 0 Å². The Morgan fingerprint density at radius 3 is 2.90 bits per heavy atom. The Bertz CT molecular complexity index is 573. The van der Waals surface area contributed by atoms with Crippen LogP contribution in [0.25, 0.3) is 0 Å². The first-order valence-corrected chi connectivity index (χ1v) is 6.52. The van der Waals surface area contributed by atoms with Crippen LogP contribution in [0.4, 0.5) is 6.01 Å². The Labute approximate surface area is 122 Å². The Morgan fingerprint density at radius 2 is 2.20 bits per heavy atom. The fourth-order valence-corrected chi connectivity index (χ4v) is 2.01. The van der Waals surface area contributed by atoms with Crippen LogP contribution < -0.4 is 15.0 Å². The lowest BCUT2D eigenvalue weighted by Crippen LogP contribution is -2.17. The fraction of sp³-hybridized carbons (Fsp3) is 0.385. The summed E-state index contributed by atoms with van der Waals surface area (Å²) in [6, 6.07) is 5.95. The van der Waals surface area contributed by atoms with Crippen molar-refractivity contribution >= 4 is 17.6 Å². The van der Waals surface area contributed by atoms with Crippen molar-refractivity contribution in [1.29, 1.82) is 0 Å². The molecule has 0 spiro atoms. The minimum Gasteiger partial charge on any atom is -0.496 e. The molecule has 1 heterocycles. The molecule has 0 saturated carbocycles. The number of benzene rings is 1. The Hall–Kier alpha value is -1.79. The highest BCUT2D eigenvalue weighted by Gasteiger charge is 2.13. The molecule has 0 saturated heterocycles. The molecule has 20 heavy (non-hydrogen) atoms. The molecule has 0 bridgehead atoms. The number of methoxy groups -OCH3 is 1. The predicted octanol–water partition coefficient (Wildman–Crippen LogP) is 2.09. The van der Waals surface area contributed by atoms with E-state index in [0.717, 1.165) is 11.3 Å². The second kappa shape index (κ2) is 6.58. The lowest BCUT2D eigenvalue weighted by atomic mass is 10.2. The number of hydrogen-bond acceptors (Lipinski definition) is 6. The number of nitrogens with zero attached hydrogens (tertiary/aromatic N) is 3. The molecular weight excluding hydrogens is 280 g/mol. The number of ether oxygens (including phenoxy) is 1. The molecule has 0 aliphatic carbocycles. The van der Waals surface area contributed by atoms with E-state index in [2.05, 4.69) is 15.5 Å². The van der Waals surface area contributed by atoms with Crippen LogP contribution in [0.5, 0.6) is 5.75 Å². The standard InChI is InChI=1S/C13H17ClN4O2/c1-15-7-12-16-17-13(20-12)18(2)8-9-6-10(14)4-5-11(9)19-3/h4-6,15H,7-8H2,1-3H3. The Balaban J connectivity index is 2.13. The average Bonchev–Trinajstić information content (AvgIpc) is 2.88. The van der Waals surface area contributed by atoms with Crippen LogP contribution in [0.3, 0.4) is 0 Å². The summed E-state index contributed by atoms with van der Waals surface area (Å²) in [4.78, 5) is 1.85. The number of anilines is 1. The van der Waals surface area contributed by atoms with Crippen LogP contribution >= 0.6 is 11.6 Å². The third-order valence-corrected chi connectivity index (χ3v) is 3.00. The molecule has 0 radical (unpaired) electrons. The summed E-state index contributed by atoms with van der Waals surface area (Å²) in [6.45, 7) is 1.10. The molecule has 108 valence electrons. The van der Waals surface area contributed by atoms with Gasteiger partial charge in [0.25, 0.3) is 0 Å². The molecule has 0 aliphatic heterocycles. The molecule has 0 atom stereocenters. The normalized spacial score (nSPS) is 10.6. The summed E-state index contributed by atoms with van der Waals surface area (Å²) in [6.07, 6.45) is 0. The van der Waals surface area contributed by atoms with Gasteiger partial charge >= 0.3 is 6.01 Å². The predicted molar refractivity (Wildman–Crippen MR) is 77.2 cm³/mol. The van der Waals surface area contributed by atoms with Crippen molar-refractivity contribution in [2.24, 2.45) is 0 Å². The lowest BCUT2D eigenvalue weighted by Gasteiger charge is -2.16. The van der Waals surface area contributed by atoms with Crippen LogP contribution in [0.1, 0.15) is 11.5 Å². The van der Waals surface area contributed by atoms with Crippen LogP contribution in [0.2, 0.25) is 5.02 Å². The molecule has 1 aromatic carbocycles. The molecule has 0 unspecified atom stereocenters. The topological polar surface area (TPSA) is 63.4 Å². The largest absolute Gasteiger partial charge is 0.496 e. The van der Waals surface area contributed by atoms with Crippen molar-refractivity contribution in [1.82, 2.24) is 15.5 Å². The summed E-state index contributed by atoms with van der Waals surface area (Å²) in [5, 5.41) is 11.6. The van der Waals surface area contributed by atoms with Gasteiger partial charge in [0.1, 0.15) is 5.75 Å². The minimum atomic E-state index is 0.456. The van der Waals surface area contributed by atoms with E-state index in [1.165, 1.54) is 0 Å². The van der Waals surface area contributed by atoms with Crippen LogP contribution in [0, 0.1) is 0 Å². The van der Waals surface area contributed by atoms with Crippen LogP contribution in [0.15, 0.2) is 22.6 Å². The van der Waals surface area contributed by atoms with Crippen molar-refractivity contribution in [3.05, 3.63) is 34.7 Å². The second-order valence-electron chi connectivity index (χ2n) is 4.32. The van der Waals surface area contributed by atoms with Gasteiger partial charge in [-0.15, -0.1) is 5.10 Å². The van der Waals surface area contributed by atoms with E-state index in [-0.39, 0.29) is 0 Å². The van der Waals surface area contributed by atoms with Gasteiger partial charge in [-0.3, -0.25) is 0 Å². The van der Waals surface area contributed by atoms with Gasteiger partial charge in [-0.1, -0.05) is 16.7 Å². The van der Waals surface area contributed by atoms with Crippen LogP contribution in [-0.2, 0) is 13.1 Å². The van der Waals surface area contributed by atoms with Crippen molar-refractivity contribution in [3.8, 4) is 5.75 Å². The zero-order valence-electron chi connectivity index (χ0n) is 11.7. The van der Waals surface area contributed by atoms with Crippen molar-refractivity contribution in [3.63, 3.8) is 0 Å². The van der Waals surface area contributed by atoms with Gasteiger partial charge in [-0.25, -0.2) is 0 Å². The van der Waals surface area contributed by atoms with E-state index < -0.39 is 0 Å². The smallest absolute Gasteiger partial charge is 0.318 e. The summed E-state index contributed by atoms with van der Waals surface area (Å²) in [7, 11) is 5.33. The fourth-order valence-electron chi connectivity index (χ4n) is 1.82. The molecule has 0 amide bonds. The molecule has 7 heteroatoms. The molecule has 0 fully saturated rings. The quantitative estimate of drug-likeness (QED) is 0.880. The number of rotatable bonds is 6. The first-order valence-electron chi connectivity index (χ1n) is 6.14. The molecule has 1 N–H and O–H groups in total. The summed E-state index contributed by atoms with van der Waals surface area (Å²) >= 11 is 6.01. The molecule has 6 nitrogen and oxygen atoms in total. The average molecular weight is 297 g/mol. The maximum Gasteiger partial charge on any atom is 0.318 e. The van der Waals surface area contributed by atoms with Gasteiger partial charge in [0.05, 0.1) is 20.2 Å². The highest BCUT2D eigenvalue weighted by molar-refractivity contribution is 6.30. The first-order chi connectivity index (χ1) is 9.63. The maximum atomic E-state index is 6.01. The zero-order chi connectivity index (χ0) is 14.5. The van der Waals surface area contributed by atoms with Crippen LogP contribution in [-0.4, -0.2) is 31.4 Å². The van der Waals surface area contributed by atoms with Crippen molar-refractivity contribution in [2.75, 3.05) is 26.1 Å². The number of hydrogen-bond donors (Lipinski definition) is 1. The van der Waals surface area contributed by atoms with E-state index in [1.807, 2.05) is 31.1 Å². The minimum absolute atomic E-state index is 0.456. The third kappa shape index (κ3) is 3.40. The monoisotopic (exact) mass is 296 g/mol. The van der Waals surface area contributed by atoms with E-state index in [0.29, 0.717) is 30.0 Å². The van der Waals surface area contributed by atoms with Crippen molar-refractivity contribution in [2.45, 2.75) is 13.1 Å². The number of aromatic nitrogens is 2. The number of halogens is 1. The van der Waals surface area contributed by atoms with Gasteiger partial charge in [-0.05, 0) is 25.2 Å². The molecular formula is C13H17ClN4O2. The van der Waals surface area contributed by atoms with E-state index in [9.17, 15) is 0 Å². The summed E-state index contributed by atoms with van der Waals surface area (Å²) < 4.78 is 10.8. The molecule has 2 aromatic rings. The van der Waals surface area contributed by atoms with Gasteiger partial charge in [0.15, 0.2) is 0 Å². The lowest BCUT2D eigenvalue weighted by molar-refractivity contribution is 0.408. The SMILES string of the molecule is CNCc1nnc(N(C)Cc2cc(Cl)ccc2OC)o1. The van der Waals surface area contributed by atoms with E-state index >= 15 is 0 Å². The number of nitrogens with one attached hydrogen (secondary N) is 1. The zero-order valence-corrected chi connectivity index (χ0v) is 12.4. The third-order valence-electron chi connectivity index (χ3n) is 2.76. The van der Waals surface area contributed by atoms with Crippen molar-refractivity contribution < 1.29 is 9.15 Å². The van der Waals surface area contributed by atoms with Gasteiger partial charge in [0, 0.05) is 17.6 Å². The molecule has 2 rings (SSSR count). The Kier molecular flexibility index (Phi) is 4.81. The Morgan fingerprint density at radius 1 is 1.40 bits per heavy atom. The molecule has 1 aromatic heterocycles. The highest BCUT2D eigenvalue weighted by Crippen LogP contribution is 2.25. The summed E-state index contributed by atoms with van der Waals surface area (Å²) in [5.41, 5.74) is 0.955. The molecule has 0 aliphatic rings. The van der Waals surface area contributed by atoms with Gasteiger partial charge in [0.2, 0.25) is 5.89 Å². The highest BCUT2D eigenvalue weighted by atomic mass is 35.5. The first kappa shape index (κ1) is 14.6. The second-order valence-corrected chi connectivity index (χ2v) is 4.76.